The van der Waals surface area contributed by atoms with Crippen LogP contribution in [0.1, 0.15) is 27.2 Å². The van der Waals surface area contributed by atoms with Gasteiger partial charge in [-0.1, -0.05) is 12.1 Å². The molecule has 5 heteroatoms. The Kier molecular flexibility index (Phi) is 4.40. The maximum atomic E-state index is 12.2. The van der Waals surface area contributed by atoms with Crippen molar-refractivity contribution in [2.75, 3.05) is 6.61 Å². The Morgan fingerprint density at radius 2 is 2.00 bits per heavy atom. The highest BCUT2D eigenvalue weighted by atomic mass is 16.5. The van der Waals surface area contributed by atoms with Crippen molar-refractivity contribution in [1.29, 1.82) is 0 Å². The lowest BCUT2D eigenvalue weighted by Gasteiger charge is -2.16. The molecule has 0 N–H and O–H groups in total. The monoisotopic (exact) mass is 288 g/mol. The van der Waals surface area contributed by atoms with Gasteiger partial charge in [-0.2, -0.15) is 0 Å². The molecule has 0 saturated heterocycles. The highest BCUT2D eigenvalue weighted by Crippen LogP contribution is 2.15. The number of carbonyl (C=O) groups is 1. The van der Waals surface area contributed by atoms with Crippen LogP contribution in [0.15, 0.2) is 35.4 Å². The number of esters is 1. The fraction of sp³-hybridized carbons (Fsp3) is 0.438. The summed E-state index contributed by atoms with van der Waals surface area (Å²) in [6.07, 6.45) is 2.12. The summed E-state index contributed by atoms with van der Waals surface area (Å²) >= 11 is 0. The average molecular weight is 288 g/mol. The van der Waals surface area contributed by atoms with Crippen molar-refractivity contribution in [3.8, 4) is 0 Å². The van der Waals surface area contributed by atoms with Gasteiger partial charge in [-0.15, -0.1) is 0 Å². The first-order valence-corrected chi connectivity index (χ1v) is 7.01. The van der Waals surface area contributed by atoms with Gasteiger partial charge in [0.05, 0.1) is 29.3 Å². The lowest BCUT2D eigenvalue weighted by molar-refractivity contribution is -0.153. The third-order valence-electron chi connectivity index (χ3n) is 3.12. The number of nitrogens with zero attached hydrogens (tertiary/aromatic N) is 2. The van der Waals surface area contributed by atoms with Gasteiger partial charge in [0.2, 0.25) is 0 Å². The number of carbonyl (C=O) groups excluding carboxylic acids is 1. The Labute approximate surface area is 123 Å². The molecule has 0 aliphatic carbocycles. The SMILES string of the molecule is CC(C)(C)C(=O)OCCCn1cnc2ccccc2c1=O. The Hall–Kier alpha value is -2.17. The van der Waals surface area contributed by atoms with E-state index in [9.17, 15) is 9.59 Å². The van der Waals surface area contributed by atoms with Crippen LogP contribution < -0.4 is 5.56 Å². The minimum atomic E-state index is -0.499. The van der Waals surface area contributed by atoms with Gasteiger partial charge in [0.1, 0.15) is 0 Å². The lowest BCUT2D eigenvalue weighted by Crippen LogP contribution is -2.25. The first-order chi connectivity index (χ1) is 9.89. The van der Waals surface area contributed by atoms with Crippen LogP contribution in [0.4, 0.5) is 0 Å². The van der Waals surface area contributed by atoms with E-state index in [1.54, 1.807) is 10.6 Å². The summed E-state index contributed by atoms with van der Waals surface area (Å²) in [5.74, 6) is -0.230. The van der Waals surface area contributed by atoms with Crippen LogP contribution in [0, 0.1) is 5.41 Å². The Bertz CT molecular complexity index is 698. The van der Waals surface area contributed by atoms with Crippen LogP contribution in [0.5, 0.6) is 0 Å². The standard InChI is InChI=1S/C16H20N2O3/c1-16(2,3)15(20)21-10-6-9-18-11-17-13-8-5-4-7-12(13)14(18)19/h4-5,7-8,11H,6,9-10H2,1-3H3. The van der Waals surface area contributed by atoms with Gasteiger partial charge in [-0.3, -0.25) is 14.2 Å². The third-order valence-corrected chi connectivity index (χ3v) is 3.12. The zero-order chi connectivity index (χ0) is 15.5. The number of hydrogen-bond acceptors (Lipinski definition) is 4. The highest BCUT2D eigenvalue weighted by molar-refractivity contribution is 5.77. The number of rotatable bonds is 4. The van der Waals surface area contributed by atoms with Crippen LogP contribution in [0.25, 0.3) is 10.9 Å². The second-order valence-corrected chi connectivity index (χ2v) is 6.00. The van der Waals surface area contributed by atoms with Gasteiger partial charge in [0.25, 0.3) is 5.56 Å². The van der Waals surface area contributed by atoms with Crippen LogP contribution in [-0.4, -0.2) is 22.1 Å². The molecule has 0 radical (unpaired) electrons. The van der Waals surface area contributed by atoms with Gasteiger partial charge in [0, 0.05) is 6.54 Å². The molecule has 1 heterocycles. The van der Waals surface area contributed by atoms with Gasteiger partial charge >= 0.3 is 5.97 Å². The fourth-order valence-corrected chi connectivity index (χ4v) is 1.88. The summed E-state index contributed by atoms with van der Waals surface area (Å²) in [5.41, 5.74) is 0.127. The van der Waals surface area contributed by atoms with Gasteiger partial charge in [-0.25, -0.2) is 4.98 Å². The van der Waals surface area contributed by atoms with Crippen LogP contribution in [-0.2, 0) is 16.1 Å². The number of aryl methyl sites for hydroxylation is 1. The highest BCUT2D eigenvalue weighted by Gasteiger charge is 2.22. The smallest absolute Gasteiger partial charge is 0.311 e. The normalized spacial score (nSPS) is 11.6. The largest absolute Gasteiger partial charge is 0.465 e. The number of ether oxygens (including phenoxy) is 1. The zero-order valence-electron chi connectivity index (χ0n) is 12.6. The predicted octanol–water partition coefficient (Wildman–Crippen LogP) is 2.38. The molecule has 0 saturated carbocycles. The summed E-state index contributed by atoms with van der Waals surface area (Å²) in [7, 11) is 0. The van der Waals surface area contributed by atoms with Crippen molar-refractivity contribution in [2.45, 2.75) is 33.7 Å². The molecular formula is C16H20N2O3. The molecule has 0 aliphatic heterocycles. The summed E-state index contributed by atoms with van der Waals surface area (Å²) in [6, 6.07) is 7.25. The molecule has 0 spiro atoms. The van der Waals surface area contributed by atoms with E-state index in [-0.39, 0.29) is 11.5 Å². The lowest BCUT2D eigenvalue weighted by atomic mass is 9.97. The number of aromatic nitrogens is 2. The van der Waals surface area contributed by atoms with Gasteiger partial charge < -0.3 is 4.74 Å². The third kappa shape index (κ3) is 3.68. The van der Waals surface area contributed by atoms with Gasteiger partial charge in [-0.05, 0) is 39.3 Å². The van der Waals surface area contributed by atoms with E-state index in [0.717, 1.165) is 0 Å². The van der Waals surface area contributed by atoms with Crippen molar-refractivity contribution < 1.29 is 9.53 Å². The molecule has 1 aromatic heterocycles. The Morgan fingerprint density at radius 1 is 1.29 bits per heavy atom. The molecule has 0 fully saturated rings. The molecule has 0 atom stereocenters. The maximum absolute atomic E-state index is 12.2. The van der Waals surface area contributed by atoms with E-state index < -0.39 is 5.41 Å². The fourth-order valence-electron chi connectivity index (χ4n) is 1.88. The van der Waals surface area contributed by atoms with Gasteiger partial charge in [0.15, 0.2) is 0 Å². The minimum absolute atomic E-state index is 0.0669. The second-order valence-electron chi connectivity index (χ2n) is 6.00. The Morgan fingerprint density at radius 3 is 2.71 bits per heavy atom. The molecule has 0 amide bonds. The Balaban J connectivity index is 1.97. The molecule has 0 unspecified atom stereocenters. The number of para-hydroxylation sites is 1. The van der Waals surface area contributed by atoms with Crippen molar-refractivity contribution in [3.63, 3.8) is 0 Å². The summed E-state index contributed by atoms with van der Waals surface area (Å²) < 4.78 is 6.73. The maximum Gasteiger partial charge on any atom is 0.311 e. The van der Waals surface area contributed by atoms with E-state index in [4.69, 9.17) is 4.74 Å². The molecule has 0 bridgehead atoms. The molecule has 5 nitrogen and oxygen atoms in total. The van der Waals surface area contributed by atoms with Crippen LogP contribution in [0.2, 0.25) is 0 Å². The second kappa shape index (κ2) is 6.08. The number of hydrogen-bond donors (Lipinski definition) is 0. The first-order valence-electron chi connectivity index (χ1n) is 7.01. The van der Waals surface area contributed by atoms with Crippen molar-refractivity contribution in [3.05, 3.63) is 40.9 Å². The summed E-state index contributed by atoms with van der Waals surface area (Å²) in [4.78, 5) is 28.1. The van der Waals surface area contributed by atoms with E-state index in [2.05, 4.69) is 4.98 Å². The van der Waals surface area contributed by atoms with Crippen LogP contribution >= 0.6 is 0 Å². The topological polar surface area (TPSA) is 61.2 Å². The van der Waals surface area contributed by atoms with E-state index in [0.29, 0.717) is 30.5 Å². The average Bonchev–Trinajstić information content (AvgIpc) is 2.44. The number of fused-ring (bicyclic) bond motifs is 1. The van der Waals surface area contributed by atoms with Crippen molar-refractivity contribution in [1.82, 2.24) is 9.55 Å². The zero-order valence-corrected chi connectivity index (χ0v) is 12.6. The van der Waals surface area contributed by atoms with E-state index in [1.807, 2.05) is 39.0 Å². The molecule has 0 aliphatic rings. The van der Waals surface area contributed by atoms with Crippen LogP contribution in [0.3, 0.4) is 0 Å². The van der Waals surface area contributed by atoms with Crippen molar-refractivity contribution in [2.24, 2.45) is 5.41 Å². The quantitative estimate of drug-likeness (QED) is 0.640. The minimum Gasteiger partial charge on any atom is -0.465 e. The summed E-state index contributed by atoms with van der Waals surface area (Å²) in [6.45, 7) is 6.22. The molecule has 21 heavy (non-hydrogen) atoms. The predicted molar refractivity (Wildman–Crippen MR) is 81.0 cm³/mol. The van der Waals surface area contributed by atoms with E-state index in [1.165, 1.54) is 6.33 Å². The molecule has 2 aromatic rings. The summed E-state index contributed by atoms with van der Waals surface area (Å²) in [5, 5.41) is 0.603. The molecular weight excluding hydrogens is 268 g/mol. The molecule has 1 aromatic carbocycles. The first kappa shape index (κ1) is 15.2. The molecule has 112 valence electrons. The van der Waals surface area contributed by atoms with Crippen molar-refractivity contribution >= 4 is 16.9 Å². The number of benzene rings is 1. The molecule has 2 rings (SSSR count). The van der Waals surface area contributed by atoms with E-state index >= 15 is 0 Å².